The number of aromatic nitrogens is 4. The molecule has 0 spiro atoms. The van der Waals surface area contributed by atoms with E-state index < -0.39 is 5.97 Å². The van der Waals surface area contributed by atoms with E-state index in [1.165, 1.54) is 0 Å². The predicted octanol–water partition coefficient (Wildman–Crippen LogP) is 5.75. The topological polar surface area (TPSA) is 83.8 Å². The summed E-state index contributed by atoms with van der Waals surface area (Å²) in [6.07, 6.45) is 1.66. The highest BCUT2D eigenvalue weighted by atomic mass is 35.5. The number of thioether (sulfide) groups is 1. The van der Waals surface area contributed by atoms with E-state index in [2.05, 4.69) is 19.7 Å². The fraction of sp³-hybridized carbons (Fsp3) is 0.0870. The van der Waals surface area contributed by atoms with E-state index >= 15 is 0 Å². The summed E-state index contributed by atoms with van der Waals surface area (Å²) >= 11 is 6.93. The molecule has 0 bridgehead atoms. The molecular weight excluding hydrogens is 432 g/mol. The van der Waals surface area contributed by atoms with Crippen LogP contribution in [0.1, 0.15) is 17.0 Å². The van der Waals surface area contributed by atoms with Crippen LogP contribution < -0.4 is 0 Å². The van der Waals surface area contributed by atoms with E-state index in [-0.39, 0.29) is 4.91 Å². The number of aromatic amines is 1. The van der Waals surface area contributed by atoms with E-state index in [1.54, 1.807) is 18.2 Å². The Bertz CT molecular complexity index is 1260. The number of aryl methyl sites for hydroxylation is 1. The number of aliphatic carboxylic acids is 1. The lowest BCUT2D eigenvalue weighted by Crippen LogP contribution is -1.99. The van der Waals surface area contributed by atoms with Crippen LogP contribution in [0.2, 0.25) is 5.02 Å². The highest BCUT2D eigenvalue weighted by Gasteiger charge is 2.17. The molecule has 0 aliphatic heterocycles. The number of nitrogens with one attached hydrogen (secondary N) is 1. The second-order valence-corrected chi connectivity index (χ2v) is 8.33. The Balaban J connectivity index is 1.63. The molecule has 0 saturated heterocycles. The molecule has 0 aliphatic rings. The van der Waals surface area contributed by atoms with Crippen LogP contribution in [0.15, 0.2) is 70.7 Å². The number of para-hydroxylation sites is 1. The molecule has 0 atom stereocenters. The van der Waals surface area contributed by atoms with E-state index in [9.17, 15) is 9.90 Å². The van der Waals surface area contributed by atoms with Crippen LogP contribution in [-0.2, 0) is 4.79 Å². The Hall–Kier alpha value is -3.29. The van der Waals surface area contributed by atoms with Crippen LogP contribution in [0.25, 0.3) is 23.2 Å². The van der Waals surface area contributed by atoms with Crippen molar-refractivity contribution >= 4 is 35.4 Å². The number of rotatable bonds is 6. The molecule has 4 rings (SSSR count). The highest BCUT2D eigenvalue weighted by molar-refractivity contribution is 8.04. The Morgan fingerprint density at radius 1 is 1.13 bits per heavy atom. The summed E-state index contributed by atoms with van der Waals surface area (Å²) in [6.45, 7) is 3.97. The average molecular weight is 451 g/mol. The normalized spacial score (nSPS) is 11.6. The van der Waals surface area contributed by atoms with Gasteiger partial charge in [-0.3, -0.25) is 5.10 Å². The van der Waals surface area contributed by atoms with E-state index in [1.807, 2.05) is 62.4 Å². The van der Waals surface area contributed by atoms with Crippen LogP contribution in [0.3, 0.4) is 0 Å². The zero-order valence-electron chi connectivity index (χ0n) is 16.8. The number of nitrogens with zero attached hydrogens (tertiary/aromatic N) is 3. The Morgan fingerprint density at radius 3 is 2.52 bits per heavy atom. The molecule has 0 fully saturated rings. The third-order valence-electron chi connectivity index (χ3n) is 4.77. The fourth-order valence-corrected chi connectivity index (χ4v) is 4.14. The van der Waals surface area contributed by atoms with Gasteiger partial charge in [-0.25, -0.2) is 9.78 Å². The summed E-state index contributed by atoms with van der Waals surface area (Å²) in [7, 11) is 0. The van der Waals surface area contributed by atoms with Crippen LogP contribution >= 0.6 is 23.4 Å². The Kier molecular flexibility index (Phi) is 5.97. The third kappa shape index (κ3) is 4.57. The molecule has 2 aromatic heterocycles. The van der Waals surface area contributed by atoms with Crippen LogP contribution in [0.4, 0.5) is 0 Å². The lowest BCUT2D eigenvalue weighted by Gasteiger charge is -2.09. The van der Waals surface area contributed by atoms with E-state index in [4.69, 9.17) is 11.6 Å². The maximum atomic E-state index is 11.9. The summed E-state index contributed by atoms with van der Waals surface area (Å²) < 4.78 is 2.10. The number of carbonyl (C=O) groups is 1. The first-order valence-corrected chi connectivity index (χ1v) is 10.7. The van der Waals surface area contributed by atoms with Crippen molar-refractivity contribution in [3.05, 3.63) is 87.5 Å². The predicted molar refractivity (Wildman–Crippen MR) is 124 cm³/mol. The number of hydrogen-bond donors (Lipinski definition) is 2. The lowest BCUT2D eigenvalue weighted by atomic mass is 10.2. The fourth-order valence-electron chi connectivity index (χ4n) is 3.31. The quantitative estimate of drug-likeness (QED) is 0.288. The van der Waals surface area contributed by atoms with Crippen molar-refractivity contribution in [2.75, 3.05) is 0 Å². The molecule has 0 amide bonds. The monoisotopic (exact) mass is 450 g/mol. The maximum absolute atomic E-state index is 11.9. The average Bonchev–Trinajstić information content (AvgIpc) is 3.33. The van der Waals surface area contributed by atoms with Crippen molar-refractivity contribution in [1.82, 2.24) is 19.7 Å². The van der Waals surface area contributed by atoms with Crippen molar-refractivity contribution in [1.29, 1.82) is 0 Å². The van der Waals surface area contributed by atoms with Crippen molar-refractivity contribution in [2.45, 2.75) is 19.0 Å². The second kappa shape index (κ2) is 8.83. The molecule has 0 unspecified atom stereocenters. The van der Waals surface area contributed by atoms with Gasteiger partial charge in [-0.15, -0.1) is 5.10 Å². The lowest BCUT2D eigenvalue weighted by molar-refractivity contribution is -0.131. The SMILES string of the molecule is Cc1cc(/C=C(\Sc2n[nH]c(-c3ccc(Cl)cc3)n2)C(=O)O)c(C)n1-c1ccccc1. The summed E-state index contributed by atoms with van der Waals surface area (Å²) in [5.74, 6) is -0.487. The van der Waals surface area contributed by atoms with Gasteiger partial charge in [-0.1, -0.05) is 29.8 Å². The van der Waals surface area contributed by atoms with Gasteiger partial charge in [-0.2, -0.15) is 0 Å². The molecule has 2 N–H and O–H groups in total. The summed E-state index contributed by atoms with van der Waals surface area (Å²) in [6, 6.07) is 19.1. The number of carboxylic acid groups (broad SMARTS) is 1. The molecule has 2 heterocycles. The minimum absolute atomic E-state index is 0.134. The van der Waals surface area contributed by atoms with E-state index in [0.717, 1.165) is 40.0 Å². The first-order chi connectivity index (χ1) is 14.9. The second-order valence-electron chi connectivity index (χ2n) is 6.89. The first kappa shape index (κ1) is 21.0. The molecule has 0 aliphatic carbocycles. The van der Waals surface area contributed by atoms with Crippen molar-refractivity contribution < 1.29 is 9.90 Å². The molecule has 0 saturated carbocycles. The molecule has 2 aromatic carbocycles. The first-order valence-electron chi connectivity index (χ1n) is 9.48. The van der Waals surface area contributed by atoms with Crippen LogP contribution in [0.5, 0.6) is 0 Å². The van der Waals surface area contributed by atoms with Crippen LogP contribution in [-0.4, -0.2) is 30.8 Å². The molecular formula is C23H19ClN4O2S. The maximum Gasteiger partial charge on any atom is 0.342 e. The minimum Gasteiger partial charge on any atom is -0.477 e. The van der Waals surface area contributed by atoms with Crippen LogP contribution in [0, 0.1) is 13.8 Å². The van der Waals surface area contributed by atoms with Crippen molar-refractivity contribution in [3.8, 4) is 17.1 Å². The van der Waals surface area contributed by atoms with Crippen molar-refractivity contribution in [2.24, 2.45) is 0 Å². The van der Waals surface area contributed by atoms with Gasteiger partial charge in [0.25, 0.3) is 0 Å². The molecule has 0 radical (unpaired) electrons. The van der Waals surface area contributed by atoms with Gasteiger partial charge in [0.15, 0.2) is 5.82 Å². The molecule has 156 valence electrons. The number of halogens is 1. The van der Waals surface area contributed by atoms with Gasteiger partial charge in [0.2, 0.25) is 5.16 Å². The minimum atomic E-state index is -1.03. The van der Waals surface area contributed by atoms with Gasteiger partial charge in [0.1, 0.15) is 4.91 Å². The molecule has 6 nitrogen and oxygen atoms in total. The van der Waals surface area contributed by atoms with Gasteiger partial charge < -0.3 is 9.67 Å². The Morgan fingerprint density at radius 2 is 1.84 bits per heavy atom. The molecule has 4 aromatic rings. The zero-order valence-corrected chi connectivity index (χ0v) is 18.4. The smallest absolute Gasteiger partial charge is 0.342 e. The van der Waals surface area contributed by atoms with Gasteiger partial charge in [-0.05, 0) is 79.7 Å². The number of H-pyrrole nitrogens is 1. The number of hydrogen-bond acceptors (Lipinski definition) is 4. The van der Waals surface area contributed by atoms with Crippen molar-refractivity contribution in [3.63, 3.8) is 0 Å². The zero-order chi connectivity index (χ0) is 22.0. The highest BCUT2D eigenvalue weighted by Crippen LogP contribution is 2.30. The number of benzene rings is 2. The summed E-state index contributed by atoms with van der Waals surface area (Å²) in [4.78, 5) is 16.5. The summed E-state index contributed by atoms with van der Waals surface area (Å²) in [5.41, 5.74) is 4.66. The van der Waals surface area contributed by atoms with Gasteiger partial charge >= 0.3 is 5.97 Å². The standard InChI is InChI=1S/C23H19ClN4O2S/c1-14-12-17(15(2)28(14)19-6-4-3-5-7-19)13-20(22(29)30)31-23-25-21(26-27-23)16-8-10-18(24)11-9-16/h3-13H,1-2H3,(H,29,30)(H,25,26,27)/b20-13-. The number of carboxylic acids is 1. The summed E-state index contributed by atoms with van der Waals surface area (Å²) in [5, 5.41) is 17.7. The van der Waals surface area contributed by atoms with E-state index in [0.29, 0.717) is 16.0 Å². The third-order valence-corrected chi connectivity index (χ3v) is 5.90. The largest absolute Gasteiger partial charge is 0.477 e. The van der Waals surface area contributed by atoms with Gasteiger partial charge in [0.05, 0.1) is 0 Å². The Labute approximate surface area is 188 Å². The molecule has 31 heavy (non-hydrogen) atoms. The molecule has 8 heteroatoms. The van der Waals surface area contributed by atoms with Gasteiger partial charge in [0, 0.05) is 27.7 Å².